The predicted octanol–water partition coefficient (Wildman–Crippen LogP) is 4.74. The van der Waals surface area contributed by atoms with E-state index in [1.165, 1.54) is 0 Å². The van der Waals surface area contributed by atoms with Crippen molar-refractivity contribution in [2.24, 2.45) is 0 Å². The topological polar surface area (TPSA) is 71.1 Å². The van der Waals surface area contributed by atoms with Crippen molar-refractivity contribution in [3.63, 3.8) is 0 Å². The van der Waals surface area contributed by atoms with Gasteiger partial charge in [-0.2, -0.15) is 17.2 Å². The largest absolute Gasteiger partial charge is 0.414 e. The molecule has 0 saturated carbocycles. The third kappa shape index (κ3) is 6.53. The summed E-state index contributed by atoms with van der Waals surface area (Å²) in [6.45, 7) is 19.6. The summed E-state index contributed by atoms with van der Waals surface area (Å²) in [6.07, 6.45) is -4.31. The molecule has 0 aromatic carbocycles. The Bertz CT molecular complexity index is 683. The number of rotatable bonds is 7. The fourth-order valence-corrected chi connectivity index (χ4v) is 5.03. The minimum Gasteiger partial charge on any atom is -0.414 e. The molecular formula is C18H38F2O6SSi2. The maximum Gasteiger partial charge on any atom is 0.325 e. The normalized spacial score (nSPS) is 26.7. The molecule has 11 heteroatoms. The molecule has 6 nitrogen and oxygen atoms in total. The fraction of sp³-hybridized carbons (Fsp3) is 1.00. The highest BCUT2D eigenvalue weighted by molar-refractivity contribution is 7.86. The average Bonchev–Trinajstić information content (AvgIpc) is 2.64. The number of halogens is 2. The summed E-state index contributed by atoms with van der Waals surface area (Å²) in [6, 6.07) is 0. The van der Waals surface area contributed by atoms with E-state index in [1.54, 1.807) is 0 Å². The van der Waals surface area contributed by atoms with Crippen LogP contribution in [0.2, 0.25) is 36.3 Å². The maximum atomic E-state index is 15.2. The molecule has 0 bridgehead atoms. The summed E-state index contributed by atoms with van der Waals surface area (Å²) in [4.78, 5) is 0. The predicted molar refractivity (Wildman–Crippen MR) is 115 cm³/mol. The second kappa shape index (κ2) is 8.21. The van der Waals surface area contributed by atoms with Crippen LogP contribution in [0.5, 0.6) is 0 Å². The van der Waals surface area contributed by atoms with Crippen LogP contribution in [0.1, 0.15) is 41.5 Å². The van der Waals surface area contributed by atoms with Gasteiger partial charge in [0.2, 0.25) is 6.29 Å². The van der Waals surface area contributed by atoms with Crippen LogP contribution >= 0.6 is 0 Å². The van der Waals surface area contributed by atoms with Gasteiger partial charge in [-0.15, -0.1) is 0 Å². The van der Waals surface area contributed by atoms with Crippen molar-refractivity contribution >= 4 is 26.8 Å². The van der Waals surface area contributed by atoms with Crippen molar-refractivity contribution < 1.29 is 35.0 Å². The molecule has 1 rings (SSSR count). The van der Waals surface area contributed by atoms with Gasteiger partial charge >= 0.3 is 5.92 Å². The Morgan fingerprint density at radius 1 is 0.966 bits per heavy atom. The molecule has 1 saturated heterocycles. The Kier molecular flexibility index (Phi) is 7.68. The molecule has 1 aliphatic rings. The number of hydrogen-bond donors (Lipinski definition) is 0. The molecule has 1 heterocycles. The third-order valence-corrected chi connectivity index (χ3v) is 15.7. The van der Waals surface area contributed by atoms with Crippen LogP contribution in [0, 0.1) is 0 Å². The van der Waals surface area contributed by atoms with Gasteiger partial charge in [0.25, 0.3) is 10.1 Å². The molecule has 1 aliphatic heterocycles. The van der Waals surface area contributed by atoms with E-state index in [-0.39, 0.29) is 16.7 Å². The summed E-state index contributed by atoms with van der Waals surface area (Å²) in [5.74, 6) is -3.64. The van der Waals surface area contributed by atoms with Crippen LogP contribution < -0.4 is 0 Å². The van der Waals surface area contributed by atoms with E-state index in [9.17, 15) is 8.42 Å². The number of hydrogen-bond acceptors (Lipinski definition) is 6. The Hall–Kier alpha value is 0.0838. The summed E-state index contributed by atoms with van der Waals surface area (Å²) in [7, 11) is -9.00. The lowest BCUT2D eigenvalue weighted by atomic mass is 10.1. The van der Waals surface area contributed by atoms with Crippen LogP contribution in [-0.2, 0) is 27.9 Å². The van der Waals surface area contributed by atoms with Gasteiger partial charge in [0, 0.05) is 0 Å². The zero-order valence-corrected chi connectivity index (χ0v) is 22.4. The quantitative estimate of drug-likeness (QED) is 0.391. The van der Waals surface area contributed by atoms with Gasteiger partial charge in [-0.3, -0.25) is 0 Å². The van der Waals surface area contributed by atoms with Gasteiger partial charge in [-0.05, 0) is 36.3 Å². The molecular weight excluding hydrogens is 438 g/mol. The van der Waals surface area contributed by atoms with Gasteiger partial charge < -0.3 is 13.6 Å². The number of ether oxygens (including phenoxy) is 1. The Labute approximate surface area is 177 Å². The average molecular weight is 477 g/mol. The van der Waals surface area contributed by atoms with Crippen LogP contribution in [0.3, 0.4) is 0 Å². The summed E-state index contributed by atoms with van der Waals surface area (Å²) < 4.78 is 75.4. The van der Waals surface area contributed by atoms with Gasteiger partial charge in [0.1, 0.15) is 12.2 Å². The first-order chi connectivity index (χ1) is 12.5. The van der Waals surface area contributed by atoms with Crippen LogP contribution in [0.25, 0.3) is 0 Å². The van der Waals surface area contributed by atoms with E-state index in [2.05, 4.69) is 4.18 Å². The molecule has 0 radical (unpaired) electrons. The van der Waals surface area contributed by atoms with Crippen molar-refractivity contribution in [2.45, 2.75) is 102 Å². The van der Waals surface area contributed by atoms with Gasteiger partial charge in [0.05, 0.1) is 12.9 Å². The monoisotopic (exact) mass is 476 g/mol. The summed E-state index contributed by atoms with van der Waals surface area (Å²) >= 11 is 0. The standard InChI is InChI=1S/C18H38F2O6SSi2/c1-16(2,3)28(8,9)23-12-13-14(26-29(10,11)17(4,5)6)18(19,20)15(24-13)25-27(7,21)22/h13-15H,12H2,1-11H3/t13-,14-,15?/m0/s1. The van der Waals surface area contributed by atoms with Gasteiger partial charge in [-0.1, -0.05) is 41.5 Å². The second-order valence-electron chi connectivity index (χ2n) is 10.9. The van der Waals surface area contributed by atoms with Crippen molar-refractivity contribution in [1.29, 1.82) is 0 Å². The summed E-state index contributed by atoms with van der Waals surface area (Å²) in [5, 5.41) is -0.434. The Morgan fingerprint density at radius 2 is 1.41 bits per heavy atom. The number of alkyl halides is 2. The molecule has 174 valence electrons. The molecule has 1 unspecified atom stereocenters. The third-order valence-electron chi connectivity index (χ3n) is 6.23. The summed E-state index contributed by atoms with van der Waals surface area (Å²) in [5.41, 5.74) is 0. The molecule has 0 N–H and O–H groups in total. The Balaban J connectivity index is 3.21. The highest BCUT2D eigenvalue weighted by Crippen LogP contribution is 2.46. The van der Waals surface area contributed by atoms with E-state index >= 15 is 8.78 Å². The lowest BCUT2D eigenvalue weighted by Gasteiger charge is -2.41. The van der Waals surface area contributed by atoms with Crippen LogP contribution in [0.15, 0.2) is 0 Å². The highest BCUT2D eigenvalue weighted by Gasteiger charge is 2.63. The fourth-order valence-electron chi connectivity index (χ4n) is 2.23. The van der Waals surface area contributed by atoms with Gasteiger partial charge in [0.15, 0.2) is 16.6 Å². The van der Waals surface area contributed by atoms with Crippen molar-refractivity contribution in [1.82, 2.24) is 0 Å². The first kappa shape index (κ1) is 27.1. The zero-order chi connectivity index (χ0) is 23.3. The molecule has 0 aromatic rings. The van der Waals surface area contributed by atoms with Crippen molar-refractivity contribution in [2.75, 3.05) is 12.9 Å². The van der Waals surface area contributed by atoms with Gasteiger partial charge in [-0.25, -0.2) is 4.18 Å². The zero-order valence-electron chi connectivity index (χ0n) is 19.6. The first-order valence-electron chi connectivity index (χ1n) is 9.74. The SMILES string of the molecule is CC(C)(C)[Si](C)(C)OC[C@@H]1OC(OS(C)(=O)=O)C(F)(F)[C@H]1O[Si](C)(C)C(C)(C)C. The molecule has 0 aromatic heterocycles. The van der Waals surface area contributed by atoms with Crippen molar-refractivity contribution in [3.8, 4) is 0 Å². The molecule has 0 aliphatic carbocycles. The van der Waals surface area contributed by atoms with E-state index in [0.29, 0.717) is 0 Å². The van der Waals surface area contributed by atoms with E-state index < -0.39 is 51.2 Å². The Morgan fingerprint density at radius 3 is 1.79 bits per heavy atom. The lowest BCUT2D eigenvalue weighted by molar-refractivity contribution is -0.181. The molecule has 0 amide bonds. The smallest absolute Gasteiger partial charge is 0.325 e. The highest BCUT2D eigenvalue weighted by atomic mass is 32.2. The molecule has 1 fully saturated rings. The molecule has 0 spiro atoms. The minimum atomic E-state index is -4.15. The lowest BCUT2D eigenvalue weighted by Crippen LogP contribution is -2.53. The minimum absolute atomic E-state index is 0.116. The molecule has 29 heavy (non-hydrogen) atoms. The van der Waals surface area contributed by atoms with E-state index in [0.717, 1.165) is 6.26 Å². The molecule has 3 atom stereocenters. The van der Waals surface area contributed by atoms with E-state index in [4.69, 9.17) is 13.6 Å². The van der Waals surface area contributed by atoms with Crippen LogP contribution in [0.4, 0.5) is 8.78 Å². The second-order valence-corrected chi connectivity index (χ2v) is 22.0. The maximum absolute atomic E-state index is 15.2. The van der Waals surface area contributed by atoms with Crippen molar-refractivity contribution in [3.05, 3.63) is 0 Å². The van der Waals surface area contributed by atoms with Crippen LogP contribution in [-0.4, -0.2) is 62.3 Å². The van der Waals surface area contributed by atoms with E-state index in [1.807, 2.05) is 67.7 Å². The first-order valence-corrected chi connectivity index (χ1v) is 17.4.